The highest BCUT2D eigenvalue weighted by molar-refractivity contribution is 5.84. The van der Waals surface area contributed by atoms with E-state index in [1.807, 2.05) is 18.2 Å². The van der Waals surface area contributed by atoms with Crippen molar-refractivity contribution in [3.8, 4) is 0 Å². The van der Waals surface area contributed by atoms with Crippen LogP contribution in [0.2, 0.25) is 0 Å². The average Bonchev–Trinajstić information content (AvgIpc) is 2.94. The van der Waals surface area contributed by atoms with Crippen molar-refractivity contribution >= 4 is 5.97 Å². The van der Waals surface area contributed by atoms with Crippen molar-refractivity contribution in [2.45, 2.75) is 38.8 Å². The van der Waals surface area contributed by atoms with Gasteiger partial charge in [-0.3, -0.25) is 0 Å². The molecule has 2 rings (SSSR count). The normalized spacial score (nSPS) is 11.5. The Bertz CT molecular complexity index is 587. The lowest BCUT2D eigenvalue weighted by Crippen LogP contribution is -2.39. The number of furan rings is 1. The molecule has 0 amide bonds. The smallest absolute Gasteiger partial charge is 0.371 e. The van der Waals surface area contributed by atoms with Gasteiger partial charge in [0.2, 0.25) is 5.76 Å². The SMILES string of the molecule is CC(C)(CCc1ccccc1)NCc1ccc(C(=O)O)o1. The van der Waals surface area contributed by atoms with Gasteiger partial charge in [-0.15, -0.1) is 0 Å². The first-order valence-electron chi connectivity index (χ1n) is 7.07. The molecule has 0 aliphatic rings. The molecule has 0 saturated carbocycles. The molecule has 1 aromatic carbocycles. The summed E-state index contributed by atoms with van der Waals surface area (Å²) in [6, 6.07) is 13.5. The predicted octanol–water partition coefficient (Wildman–Crippen LogP) is 3.48. The van der Waals surface area contributed by atoms with Gasteiger partial charge in [0, 0.05) is 5.54 Å². The molecule has 0 aliphatic carbocycles. The van der Waals surface area contributed by atoms with Gasteiger partial charge in [-0.2, -0.15) is 0 Å². The number of hydrogen-bond acceptors (Lipinski definition) is 3. The second kappa shape index (κ2) is 6.59. The van der Waals surface area contributed by atoms with Crippen molar-refractivity contribution < 1.29 is 14.3 Å². The number of aromatic carboxylic acids is 1. The lowest BCUT2D eigenvalue weighted by Gasteiger charge is -2.26. The molecule has 0 radical (unpaired) electrons. The van der Waals surface area contributed by atoms with Crippen LogP contribution in [0.1, 0.15) is 42.1 Å². The van der Waals surface area contributed by atoms with Crippen LogP contribution in [-0.4, -0.2) is 16.6 Å². The molecule has 112 valence electrons. The molecule has 1 heterocycles. The van der Waals surface area contributed by atoms with Gasteiger partial charge in [0.1, 0.15) is 5.76 Å². The summed E-state index contributed by atoms with van der Waals surface area (Å²) in [7, 11) is 0. The summed E-state index contributed by atoms with van der Waals surface area (Å²) >= 11 is 0. The van der Waals surface area contributed by atoms with Gasteiger partial charge >= 0.3 is 5.97 Å². The van der Waals surface area contributed by atoms with Crippen LogP contribution in [0.25, 0.3) is 0 Å². The molecular formula is C17H21NO3. The Labute approximate surface area is 124 Å². The zero-order valence-corrected chi connectivity index (χ0v) is 12.4. The van der Waals surface area contributed by atoms with E-state index in [4.69, 9.17) is 9.52 Å². The maximum Gasteiger partial charge on any atom is 0.371 e. The number of rotatable bonds is 7. The van der Waals surface area contributed by atoms with E-state index >= 15 is 0 Å². The Balaban J connectivity index is 1.84. The molecule has 21 heavy (non-hydrogen) atoms. The van der Waals surface area contributed by atoms with E-state index in [2.05, 4.69) is 31.3 Å². The Hall–Kier alpha value is -2.07. The standard InChI is InChI=1S/C17H21NO3/c1-17(2,11-10-13-6-4-3-5-7-13)18-12-14-8-9-15(21-14)16(19)20/h3-9,18H,10-12H2,1-2H3,(H,19,20). The molecule has 2 N–H and O–H groups in total. The van der Waals surface area contributed by atoms with Crippen LogP contribution in [-0.2, 0) is 13.0 Å². The van der Waals surface area contributed by atoms with Gasteiger partial charge in [0.15, 0.2) is 0 Å². The summed E-state index contributed by atoms with van der Waals surface area (Å²) in [5.74, 6) is -0.418. The summed E-state index contributed by atoms with van der Waals surface area (Å²) in [5, 5.41) is 12.2. The van der Waals surface area contributed by atoms with Gasteiger partial charge < -0.3 is 14.8 Å². The molecule has 0 fully saturated rings. The van der Waals surface area contributed by atoms with E-state index in [-0.39, 0.29) is 11.3 Å². The first-order valence-corrected chi connectivity index (χ1v) is 7.07. The third-order valence-corrected chi connectivity index (χ3v) is 3.50. The second-order valence-corrected chi connectivity index (χ2v) is 5.79. The zero-order chi connectivity index (χ0) is 15.3. The monoisotopic (exact) mass is 287 g/mol. The molecule has 4 nitrogen and oxygen atoms in total. The molecule has 0 saturated heterocycles. The van der Waals surface area contributed by atoms with Crippen LogP contribution in [0, 0.1) is 0 Å². The van der Waals surface area contributed by atoms with Gasteiger partial charge in [-0.25, -0.2) is 4.79 Å². The highest BCUT2D eigenvalue weighted by Crippen LogP contribution is 2.15. The Morgan fingerprint density at radius 3 is 2.52 bits per heavy atom. The van der Waals surface area contributed by atoms with Crippen LogP contribution >= 0.6 is 0 Å². The topological polar surface area (TPSA) is 62.5 Å². The van der Waals surface area contributed by atoms with E-state index in [0.717, 1.165) is 12.8 Å². The van der Waals surface area contributed by atoms with Gasteiger partial charge in [0.05, 0.1) is 6.54 Å². The van der Waals surface area contributed by atoms with Crippen molar-refractivity contribution in [2.75, 3.05) is 0 Å². The van der Waals surface area contributed by atoms with Crippen LogP contribution in [0.15, 0.2) is 46.9 Å². The molecule has 1 aromatic heterocycles. The largest absolute Gasteiger partial charge is 0.475 e. The predicted molar refractivity (Wildman–Crippen MR) is 81.3 cm³/mol. The summed E-state index contributed by atoms with van der Waals surface area (Å²) in [4.78, 5) is 10.8. The Morgan fingerprint density at radius 1 is 1.19 bits per heavy atom. The molecular weight excluding hydrogens is 266 g/mol. The first-order chi connectivity index (χ1) is 9.96. The summed E-state index contributed by atoms with van der Waals surface area (Å²) in [6.45, 7) is 4.79. The maximum absolute atomic E-state index is 10.8. The third kappa shape index (κ3) is 4.76. The third-order valence-electron chi connectivity index (χ3n) is 3.50. The fourth-order valence-corrected chi connectivity index (χ4v) is 2.10. The Morgan fingerprint density at radius 2 is 1.90 bits per heavy atom. The first kappa shape index (κ1) is 15.3. The maximum atomic E-state index is 10.8. The summed E-state index contributed by atoms with van der Waals surface area (Å²) in [6.07, 6.45) is 1.99. The Kier molecular flexibility index (Phi) is 4.81. The van der Waals surface area contributed by atoms with E-state index in [9.17, 15) is 4.79 Å². The summed E-state index contributed by atoms with van der Waals surface area (Å²) in [5.41, 5.74) is 1.27. The molecule has 0 atom stereocenters. The molecule has 4 heteroatoms. The minimum Gasteiger partial charge on any atom is -0.475 e. The van der Waals surface area contributed by atoms with E-state index in [1.54, 1.807) is 6.07 Å². The van der Waals surface area contributed by atoms with Crippen LogP contribution in [0.5, 0.6) is 0 Å². The molecule has 2 aromatic rings. The molecule has 0 unspecified atom stereocenters. The van der Waals surface area contributed by atoms with Crippen molar-refractivity contribution in [3.05, 3.63) is 59.5 Å². The lowest BCUT2D eigenvalue weighted by molar-refractivity contribution is 0.0660. The number of nitrogens with one attached hydrogen (secondary N) is 1. The van der Waals surface area contributed by atoms with Gasteiger partial charge in [0.25, 0.3) is 0 Å². The molecule has 0 bridgehead atoms. The number of benzene rings is 1. The second-order valence-electron chi connectivity index (χ2n) is 5.79. The number of carboxylic acid groups (broad SMARTS) is 1. The highest BCUT2D eigenvalue weighted by atomic mass is 16.4. The van der Waals surface area contributed by atoms with Crippen LogP contribution in [0.3, 0.4) is 0 Å². The van der Waals surface area contributed by atoms with E-state index < -0.39 is 5.97 Å². The zero-order valence-electron chi connectivity index (χ0n) is 12.4. The molecule has 0 aliphatic heterocycles. The average molecular weight is 287 g/mol. The van der Waals surface area contributed by atoms with Crippen LogP contribution < -0.4 is 5.32 Å². The quantitative estimate of drug-likeness (QED) is 0.818. The van der Waals surface area contributed by atoms with E-state index in [1.165, 1.54) is 11.6 Å². The van der Waals surface area contributed by atoms with Crippen LogP contribution in [0.4, 0.5) is 0 Å². The minimum absolute atomic E-state index is 0.0195. The minimum atomic E-state index is -1.04. The van der Waals surface area contributed by atoms with Gasteiger partial charge in [-0.05, 0) is 44.4 Å². The van der Waals surface area contributed by atoms with Crippen molar-refractivity contribution in [3.63, 3.8) is 0 Å². The lowest BCUT2D eigenvalue weighted by atomic mass is 9.95. The van der Waals surface area contributed by atoms with Gasteiger partial charge in [-0.1, -0.05) is 30.3 Å². The summed E-state index contributed by atoms with van der Waals surface area (Å²) < 4.78 is 5.24. The number of hydrogen-bond donors (Lipinski definition) is 2. The van der Waals surface area contributed by atoms with Crippen molar-refractivity contribution in [1.29, 1.82) is 0 Å². The van der Waals surface area contributed by atoms with E-state index in [0.29, 0.717) is 12.3 Å². The van der Waals surface area contributed by atoms with Crippen molar-refractivity contribution in [2.24, 2.45) is 0 Å². The fourth-order valence-electron chi connectivity index (χ4n) is 2.10. The number of aryl methyl sites for hydroxylation is 1. The molecule has 0 spiro atoms. The number of carboxylic acids is 1. The number of carbonyl (C=O) groups is 1. The highest BCUT2D eigenvalue weighted by Gasteiger charge is 2.18. The fraction of sp³-hybridized carbons (Fsp3) is 0.353. The van der Waals surface area contributed by atoms with Crippen molar-refractivity contribution in [1.82, 2.24) is 5.32 Å².